The van der Waals surface area contributed by atoms with Crippen LogP contribution in [0.25, 0.3) is 20.9 Å². The van der Waals surface area contributed by atoms with E-state index >= 15 is 0 Å². The van der Waals surface area contributed by atoms with Crippen LogP contribution in [0.3, 0.4) is 0 Å². The van der Waals surface area contributed by atoms with Gasteiger partial charge in [0, 0.05) is 5.38 Å². The van der Waals surface area contributed by atoms with Gasteiger partial charge < -0.3 is 4.98 Å². The number of benzene rings is 1. The molecule has 0 spiro atoms. The molecule has 4 rings (SSSR count). The first-order chi connectivity index (χ1) is 11.2. The van der Waals surface area contributed by atoms with Crippen molar-refractivity contribution in [2.75, 3.05) is 5.32 Å². The molecule has 0 aliphatic rings. The highest BCUT2D eigenvalue weighted by molar-refractivity contribution is 7.23. The molecule has 0 atom stereocenters. The van der Waals surface area contributed by atoms with Crippen molar-refractivity contribution in [2.45, 2.75) is 0 Å². The molecule has 0 saturated heterocycles. The first kappa shape index (κ1) is 14.4. The van der Waals surface area contributed by atoms with Crippen LogP contribution in [0.4, 0.5) is 5.95 Å². The SMILES string of the molecule is O=C(Nc1nc2ccccc2[nH]1)c1csc(-c2ccc(Cl)s2)n1. The van der Waals surface area contributed by atoms with E-state index in [0.29, 0.717) is 16.0 Å². The van der Waals surface area contributed by atoms with Crippen LogP contribution in [0.15, 0.2) is 41.8 Å². The number of hydrogen-bond donors (Lipinski definition) is 2. The minimum absolute atomic E-state index is 0.297. The summed E-state index contributed by atoms with van der Waals surface area (Å²) in [5, 5.41) is 5.23. The molecule has 3 aromatic heterocycles. The summed E-state index contributed by atoms with van der Waals surface area (Å²) in [4.78, 5) is 25.0. The number of halogens is 1. The van der Waals surface area contributed by atoms with E-state index in [4.69, 9.17) is 11.6 Å². The van der Waals surface area contributed by atoms with E-state index in [1.54, 1.807) is 5.38 Å². The standard InChI is InChI=1S/C15H9ClN4OS2/c16-12-6-5-11(23-12)14-17-10(7-22-14)13(21)20-15-18-8-3-1-2-4-9(8)19-15/h1-7H,(H2,18,19,20,21). The van der Waals surface area contributed by atoms with E-state index in [9.17, 15) is 4.79 Å². The molecule has 1 aromatic carbocycles. The zero-order valence-corrected chi connectivity index (χ0v) is 13.9. The van der Waals surface area contributed by atoms with Gasteiger partial charge in [-0.1, -0.05) is 23.7 Å². The molecule has 0 bridgehead atoms. The third kappa shape index (κ3) is 2.86. The number of hydrogen-bond acceptors (Lipinski definition) is 5. The molecule has 114 valence electrons. The summed E-state index contributed by atoms with van der Waals surface area (Å²) in [6, 6.07) is 11.3. The molecule has 1 amide bonds. The van der Waals surface area contributed by atoms with Gasteiger partial charge in [-0.25, -0.2) is 9.97 Å². The van der Waals surface area contributed by atoms with Crippen molar-refractivity contribution in [1.82, 2.24) is 15.0 Å². The Morgan fingerprint density at radius 1 is 1.17 bits per heavy atom. The number of aromatic amines is 1. The van der Waals surface area contributed by atoms with Crippen molar-refractivity contribution in [3.8, 4) is 9.88 Å². The van der Waals surface area contributed by atoms with Crippen LogP contribution in [0, 0.1) is 0 Å². The molecule has 0 saturated carbocycles. The van der Waals surface area contributed by atoms with E-state index < -0.39 is 0 Å². The van der Waals surface area contributed by atoms with Crippen molar-refractivity contribution in [1.29, 1.82) is 0 Å². The van der Waals surface area contributed by atoms with Gasteiger partial charge in [0.1, 0.15) is 10.7 Å². The van der Waals surface area contributed by atoms with Gasteiger partial charge in [-0.05, 0) is 24.3 Å². The molecule has 0 unspecified atom stereocenters. The molecule has 5 nitrogen and oxygen atoms in total. The van der Waals surface area contributed by atoms with Gasteiger partial charge in [0.25, 0.3) is 5.91 Å². The number of nitrogens with zero attached hydrogens (tertiary/aromatic N) is 2. The lowest BCUT2D eigenvalue weighted by atomic mass is 10.3. The third-order valence-corrected chi connectivity index (χ3v) is 5.38. The van der Waals surface area contributed by atoms with Crippen LogP contribution < -0.4 is 5.32 Å². The highest BCUT2D eigenvalue weighted by atomic mass is 35.5. The van der Waals surface area contributed by atoms with E-state index in [0.717, 1.165) is 20.9 Å². The highest BCUT2D eigenvalue weighted by Gasteiger charge is 2.14. The number of thiophene rings is 1. The Bertz CT molecular complexity index is 971. The molecule has 8 heteroatoms. The summed E-state index contributed by atoms with van der Waals surface area (Å²) < 4.78 is 0.698. The number of rotatable bonds is 3. The summed E-state index contributed by atoms with van der Waals surface area (Å²) in [6.45, 7) is 0. The number of amides is 1. The molecule has 23 heavy (non-hydrogen) atoms. The van der Waals surface area contributed by atoms with Crippen molar-refractivity contribution < 1.29 is 4.79 Å². The number of nitrogens with one attached hydrogen (secondary N) is 2. The fourth-order valence-electron chi connectivity index (χ4n) is 2.10. The summed E-state index contributed by atoms with van der Waals surface area (Å²) in [5.74, 6) is 0.110. The van der Waals surface area contributed by atoms with Gasteiger partial charge in [-0.3, -0.25) is 10.1 Å². The average molecular weight is 361 g/mol. The number of H-pyrrole nitrogens is 1. The Balaban J connectivity index is 1.56. The van der Waals surface area contributed by atoms with Crippen LogP contribution in [-0.4, -0.2) is 20.9 Å². The van der Waals surface area contributed by atoms with Crippen molar-refractivity contribution in [3.05, 3.63) is 51.8 Å². The molecule has 3 heterocycles. The van der Waals surface area contributed by atoms with Crippen LogP contribution >= 0.6 is 34.3 Å². The van der Waals surface area contributed by atoms with Crippen LogP contribution in [0.1, 0.15) is 10.5 Å². The maximum atomic E-state index is 12.3. The fraction of sp³-hybridized carbons (Fsp3) is 0. The van der Waals surface area contributed by atoms with Gasteiger partial charge in [-0.2, -0.15) is 0 Å². The largest absolute Gasteiger partial charge is 0.324 e. The lowest BCUT2D eigenvalue weighted by molar-refractivity contribution is 0.102. The molecular formula is C15H9ClN4OS2. The number of thiazole rings is 1. The van der Waals surface area contributed by atoms with Crippen LogP contribution in [0.5, 0.6) is 0 Å². The molecule has 0 fully saturated rings. The number of carbonyl (C=O) groups excluding carboxylic acids is 1. The van der Waals surface area contributed by atoms with Gasteiger partial charge in [0.15, 0.2) is 0 Å². The Morgan fingerprint density at radius 3 is 2.83 bits per heavy atom. The highest BCUT2D eigenvalue weighted by Crippen LogP contribution is 2.33. The summed E-state index contributed by atoms with van der Waals surface area (Å²) in [7, 11) is 0. The second-order valence-electron chi connectivity index (χ2n) is 4.70. The Hall–Kier alpha value is -2.22. The lowest BCUT2D eigenvalue weighted by Gasteiger charge is -1.97. The summed E-state index contributed by atoms with van der Waals surface area (Å²) in [5.41, 5.74) is 2.03. The van der Waals surface area contributed by atoms with E-state index in [1.807, 2.05) is 36.4 Å². The van der Waals surface area contributed by atoms with E-state index in [-0.39, 0.29) is 5.91 Å². The maximum absolute atomic E-state index is 12.3. The van der Waals surface area contributed by atoms with Gasteiger partial charge in [0.2, 0.25) is 5.95 Å². The molecular weight excluding hydrogens is 352 g/mol. The maximum Gasteiger partial charge on any atom is 0.277 e. The van der Waals surface area contributed by atoms with E-state index in [1.165, 1.54) is 22.7 Å². The first-order valence-electron chi connectivity index (χ1n) is 6.66. The van der Waals surface area contributed by atoms with Crippen molar-refractivity contribution in [3.63, 3.8) is 0 Å². The number of carbonyl (C=O) groups is 1. The quantitative estimate of drug-likeness (QED) is 0.558. The zero-order valence-electron chi connectivity index (χ0n) is 11.5. The minimum atomic E-state index is -0.297. The average Bonchev–Trinajstić information content (AvgIpc) is 3.24. The molecule has 0 aliphatic carbocycles. The molecule has 0 radical (unpaired) electrons. The normalized spacial score (nSPS) is 11.0. The zero-order chi connectivity index (χ0) is 15.8. The lowest BCUT2D eigenvalue weighted by Crippen LogP contribution is -2.13. The van der Waals surface area contributed by atoms with Gasteiger partial charge in [-0.15, -0.1) is 22.7 Å². The third-order valence-electron chi connectivity index (χ3n) is 3.14. The van der Waals surface area contributed by atoms with Crippen LogP contribution in [-0.2, 0) is 0 Å². The number of aromatic nitrogens is 3. The molecule has 4 aromatic rings. The van der Waals surface area contributed by atoms with E-state index in [2.05, 4.69) is 20.3 Å². The molecule has 2 N–H and O–H groups in total. The second kappa shape index (κ2) is 5.77. The summed E-state index contributed by atoms with van der Waals surface area (Å²) in [6.07, 6.45) is 0. The smallest absolute Gasteiger partial charge is 0.277 e. The van der Waals surface area contributed by atoms with Crippen molar-refractivity contribution >= 4 is 57.2 Å². The van der Waals surface area contributed by atoms with Gasteiger partial charge in [0.05, 0.1) is 20.2 Å². The number of para-hydroxylation sites is 2. The Labute approximate surface area is 144 Å². The number of fused-ring (bicyclic) bond motifs is 1. The Kier molecular flexibility index (Phi) is 3.60. The number of imidazole rings is 1. The second-order valence-corrected chi connectivity index (χ2v) is 7.27. The number of anilines is 1. The first-order valence-corrected chi connectivity index (χ1v) is 8.74. The van der Waals surface area contributed by atoms with Crippen molar-refractivity contribution in [2.24, 2.45) is 0 Å². The minimum Gasteiger partial charge on any atom is -0.324 e. The topological polar surface area (TPSA) is 70.7 Å². The molecule has 0 aliphatic heterocycles. The van der Waals surface area contributed by atoms with Gasteiger partial charge >= 0.3 is 0 Å². The van der Waals surface area contributed by atoms with Crippen LogP contribution in [0.2, 0.25) is 4.34 Å². The Morgan fingerprint density at radius 2 is 2.04 bits per heavy atom. The predicted molar refractivity (Wildman–Crippen MR) is 94.5 cm³/mol. The monoisotopic (exact) mass is 360 g/mol. The predicted octanol–water partition coefficient (Wildman–Crippen LogP) is 4.65. The fourth-order valence-corrected chi connectivity index (χ4v) is 4.02. The summed E-state index contributed by atoms with van der Waals surface area (Å²) >= 11 is 8.77.